The summed E-state index contributed by atoms with van der Waals surface area (Å²) in [5, 5.41) is 8.02. The van der Waals surface area contributed by atoms with E-state index in [4.69, 9.17) is 15.2 Å². The van der Waals surface area contributed by atoms with Gasteiger partial charge in [0.2, 0.25) is 0 Å². The van der Waals surface area contributed by atoms with E-state index >= 15 is 0 Å². The number of ether oxygens (including phenoxy) is 2. The summed E-state index contributed by atoms with van der Waals surface area (Å²) in [6, 6.07) is 3.68. The van der Waals surface area contributed by atoms with Crippen LogP contribution >= 0.6 is 0 Å². The smallest absolute Gasteiger partial charge is 0.320 e. The molecule has 3 rings (SSSR count). The summed E-state index contributed by atoms with van der Waals surface area (Å²) >= 11 is 0. The summed E-state index contributed by atoms with van der Waals surface area (Å²) in [6.45, 7) is 8.19. The van der Waals surface area contributed by atoms with E-state index in [0.717, 1.165) is 12.1 Å². The van der Waals surface area contributed by atoms with E-state index in [9.17, 15) is 13.6 Å². The number of anilines is 2. The number of esters is 1. The summed E-state index contributed by atoms with van der Waals surface area (Å²) in [5.74, 6) is -1.91. The molecule has 0 aliphatic carbocycles. The fourth-order valence-corrected chi connectivity index (χ4v) is 3.38. The fraction of sp³-hybridized carbons (Fsp3) is 0.476. The van der Waals surface area contributed by atoms with Gasteiger partial charge in [-0.15, -0.1) is 10.2 Å². The number of nitrogen functional groups attached to an aromatic ring is 1. The van der Waals surface area contributed by atoms with Crippen LogP contribution in [0.1, 0.15) is 20.8 Å². The van der Waals surface area contributed by atoms with Crippen molar-refractivity contribution in [2.75, 3.05) is 50.5 Å². The van der Waals surface area contributed by atoms with Crippen LogP contribution in [0.2, 0.25) is 0 Å². The molecule has 1 aromatic heterocycles. The third kappa shape index (κ3) is 5.57. The molecule has 0 amide bonds. The van der Waals surface area contributed by atoms with Gasteiger partial charge in [-0.25, -0.2) is 8.78 Å². The third-order valence-corrected chi connectivity index (χ3v) is 4.81. The van der Waals surface area contributed by atoms with Gasteiger partial charge < -0.3 is 20.1 Å². The van der Waals surface area contributed by atoms with E-state index in [1.54, 1.807) is 6.07 Å². The van der Waals surface area contributed by atoms with Crippen LogP contribution in [0.5, 0.6) is 5.75 Å². The van der Waals surface area contributed by atoms with Crippen molar-refractivity contribution < 1.29 is 23.0 Å². The number of piperazine rings is 1. The van der Waals surface area contributed by atoms with Crippen molar-refractivity contribution >= 4 is 17.5 Å². The molecule has 2 heterocycles. The fourth-order valence-electron chi connectivity index (χ4n) is 3.38. The first-order chi connectivity index (χ1) is 14.6. The minimum atomic E-state index is -1.01. The second kappa shape index (κ2) is 9.01. The van der Waals surface area contributed by atoms with E-state index in [-0.39, 0.29) is 29.6 Å². The molecule has 0 unspecified atom stereocenters. The topological polar surface area (TPSA) is 93.8 Å². The van der Waals surface area contributed by atoms with Crippen LogP contribution in [-0.4, -0.2) is 66.5 Å². The zero-order valence-corrected chi connectivity index (χ0v) is 18.1. The second-order valence-electron chi connectivity index (χ2n) is 8.32. The molecule has 0 bridgehead atoms. The molecular weight excluding hydrogens is 408 g/mol. The number of benzene rings is 1. The normalized spacial score (nSPS) is 15.1. The van der Waals surface area contributed by atoms with Crippen LogP contribution < -0.4 is 15.4 Å². The Hall–Kier alpha value is -3.01. The van der Waals surface area contributed by atoms with Crippen LogP contribution in [-0.2, 0) is 9.53 Å². The molecule has 1 saturated heterocycles. The van der Waals surface area contributed by atoms with Gasteiger partial charge in [-0.1, -0.05) is 0 Å². The average Bonchev–Trinajstić information content (AvgIpc) is 2.69. The first kappa shape index (κ1) is 22.7. The lowest BCUT2D eigenvalue weighted by Gasteiger charge is -2.36. The quantitative estimate of drug-likeness (QED) is 0.716. The minimum Gasteiger partial charge on any atom is -0.496 e. The zero-order chi connectivity index (χ0) is 22.8. The lowest BCUT2D eigenvalue weighted by Crippen LogP contribution is -2.49. The summed E-state index contributed by atoms with van der Waals surface area (Å²) in [5.41, 5.74) is 6.74. The molecule has 0 spiro atoms. The maximum absolute atomic E-state index is 13.8. The van der Waals surface area contributed by atoms with Crippen LogP contribution in [0.3, 0.4) is 0 Å². The van der Waals surface area contributed by atoms with Crippen molar-refractivity contribution in [2.45, 2.75) is 26.4 Å². The lowest BCUT2D eigenvalue weighted by atomic mass is 10.1. The van der Waals surface area contributed by atoms with Crippen LogP contribution in [0.25, 0.3) is 11.3 Å². The number of carbonyl (C=O) groups excluding carboxylic acids is 1. The number of nitrogens with two attached hydrogens (primary N) is 1. The van der Waals surface area contributed by atoms with Crippen molar-refractivity contribution in [1.82, 2.24) is 15.1 Å². The third-order valence-electron chi connectivity index (χ3n) is 4.81. The Morgan fingerprint density at radius 2 is 1.74 bits per heavy atom. The van der Waals surface area contributed by atoms with Gasteiger partial charge in [-0.2, -0.15) is 0 Å². The highest BCUT2D eigenvalue weighted by atomic mass is 19.2. The number of rotatable bonds is 5. The molecule has 1 aliphatic heterocycles. The molecule has 2 aromatic rings. The highest BCUT2D eigenvalue weighted by Gasteiger charge is 2.24. The van der Waals surface area contributed by atoms with Crippen molar-refractivity contribution in [3.8, 4) is 17.0 Å². The van der Waals surface area contributed by atoms with E-state index in [2.05, 4.69) is 10.2 Å². The van der Waals surface area contributed by atoms with Crippen LogP contribution in [0, 0.1) is 11.6 Å². The second-order valence-corrected chi connectivity index (χ2v) is 8.32. The number of nitrogens with zero attached hydrogens (tertiary/aromatic N) is 4. The molecule has 168 valence electrons. The van der Waals surface area contributed by atoms with Crippen LogP contribution in [0.15, 0.2) is 18.2 Å². The Morgan fingerprint density at radius 1 is 1.10 bits per heavy atom. The predicted octanol–water partition coefficient (Wildman–Crippen LogP) is 2.48. The zero-order valence-electron chi connectivity index (χ0n) is 18.1. The lowest BCUT2D eigenvalue weighted by molar-refractivity contribution is -0.156. The number of methoxy groups -OCH3 is 1. The van der Waals surface area contributed by atoms with E-state index in [1.165, 1.54) is 7.11 Å². The molecule has 1 aliphatic rings. The molecule has 0 saturated carbocycles. The molecule has 31 heavy (non-hydrogen) atoms. The first-order valence-electron chi connectivity index (χ1n) is 9.93. The van der Waals surface area contributed by atoms with Gasteiger partial charge in [0, 0.05) is 37.8 Å². The van der Waals surface area contributed by atoms with Gasteiger partial charge in [0.05, 0.1) is 25.0 Å². The van der Waals surface area contributed by atoms with Gasteiger partial charge in [-0.3, -0.25) is 9.69 Å². The van der Waals surface area contributed by atoms with Crippen molar-refractivity contribution in [3.63, 3.8) is 0 Å². The van der Waals surface area contributed by atoms with E-state index < -0.39 is 17.2 Å². The predicted molar refractivity (Wildman–Crippen MR) is 113 cm³/mol. The summed E-state index contributed by atoms with van der Waals surface area (Å²) < 4.78 is 37.9. The molecule has 0 radical (unpaired) electrons. The summed E-state index contributed by atoms with van der Waals surface area (Å²) in [6.07, 6.45) is 0. The van der Waals surface area contributed by atoms with Gasteiger partial charge in [-0.05, 0) is 32.9 Å². The van der Waals surface area contributed by atoms with Crippen molar-refractivity contribution in [1.29, 1.82) is 0 Å². The maximum Gasteiger partial charge on any atom is 0.320 e. The number of hydrogen-bond acceptors (Lipinski definition) is 8. The van der Waals surface area contributed by atoms with E-state index in [1.807, 2.05) is 30.6 Å². The average molecular weight is 435 g/mol. The highest BCUT2D eigenvalue weighted by molar-refractivity contribution is 5.75. The molecular formula is C21H27F2N5O3. The number of carbonyl (C=O) groups is 1. The number of halogens is 2. The Kier molecular flexibility index (Phi) is 6.59. The number of hydrogen-bond donors (Lipinski definition) is 1. The molecule has 2 N–H and O–H groups in total. The largest absolute Gasteiger partial charge is 0.496 e. The van der Waals surface area contributed by atoms with Gasteiger partial charge in [0.25, 0.3) is 0 Å². The van der Waals surface area contributed by atoms with E-state index in [0.29, 0.717) is 37.6 Å². The molecule has 1 aromatic carbocycles. The summed E-state index contributed by atoms with van der Waals surface area (Å²) in [4.78, 5) is 16.1. The summed E-state index contributed by atoms with van der Waals surface area (Å²) in [7, 11) is 1.37. The van der Waals surface area contributed by atoms with Crippen molar-refractivity contribution in [3.05, 3.63) is 29.8 Å². The highest BCUT2D eigenvalue weighted by Crippen LogP contribution is 2.34. The molecule has 1 fully saturated rings. The first-order valence-corrected chi connectivity index (χ1v) is 9.93. The Bertz CT molecular complexity index is 957. The van der Waals surface area contributed by atoms with Gasteiger partial charge in [0.15, 0.2) is 17.5 Å². The maximum atomic E-state index is 13.8. The minimum absolute atomic E-state index is 0.145. The Morgan fingerprint density at radius 3 is 2.35 bits per heavy atom. The number of aromatic nitrogens is 2. The van der Waals surface area contributed by atoms with Gasteiger partial charge >= 0.3 is 5.97 Å². The van der Waals surface area contributed by atoms with Gasteiger partial charge in [0.1, 0.15) is 11.4 Å². The Balaban J connectivity index is 1.74. The SMILES string of the molecule is COc1cc(F)c(F)cc1-c1cc(N2CCN(CC(=O)OC(C)(C)C)CC2)c(N)nn1. The molecule has 10 heteroatoms. The standard InChI is InChI=1S/C21H27F2N5O3/c1-21(2,3)31-19(29)12-27-5-7-28(8-6-27)17-11-16(25-26-20(17)24)13-9-14(22)15(23)10-18(13)30-4/h9-11H,5-8,12H2,1-4H3,(H2,24,26). The van der Waals surface area contributed by atoms with Crippen LogP contribution in [0.4, 0.5) is 20.3 Å². The monoisotopic (exact) mass is 435 g/mol. The Labute approximate surface area is 179 Å². The molecule has 8 nitrogen and oxygen atoms in total. The van der Waals surface area contributed by atoms with Crippen molar-refractivity contribution in [2.24, 2.45) is 0 Å². The molecule has 0 atom stereocenters.